The van der Waals surface area contributed by atoms with E-state index in [4.69, 9.17) is 25.8 Å². The molecule has 0 fully saturated rings. The molecule has 0 aliphatic carbocycles. The molecule has 0 radical (unpaired) electrons. The van der Waals surface area contributed by atoms with Gasteiger partial charge in [-0.25, -0.2) is 0 Å². The average Bonchev–Trinajstić information content (AvgIpc) is 2.77. The normalized spacial score (nSPS) is 10.3. The van der Waals surface area contributed by atoms with Crippen LogP contribution in [0.15, 0.2) is 66.7 Å². The Morgan fingerprint density at radius 1 is 0.931 bits per heavy atom. The van der Waals surface area contributed by atoms with Crippen LogP contribution in [-0.4, -0.2) is 20.1 Å². The summed E-state index contributed by atoms with van der Waals surface area (Å²) in [6, 6.07) is 20.3. The van der Waals surface area contributed by atoms with Gasteiger partial charge in [0.15, 0.2) is 11.5 Å². The van der Waals surface area contributed by atoms with Gasteiger partial charge in [-0.05, 0) is 41.5 Å². The van der Waals surface area contributed by atoms with Crippen LogP contribution in [0.1, 0.15) is 21.5 Å². The van der Waals surface area contributed by atoms with E-state index in [0.29, 0.717) is 34.4 Å². The van der Waals surface area contributed by atoms with Crippen LogP contribution in [0.5, 0.6) is 17.2 Å². The van der Waals surface area contributed by atoms with Crippen molar-refractivity contribution in [2.24, 2.45) is 0 Å². The van der Waals surface area contributed by atoms with Crippen molar-refractivity contribution in [1.29, 1.82) is 0 Å². The quantitative estimate of drug-likeness (QED) is 0.574. The third-order valence-electron chi connectivity index (χ3n) is 4.36. The maximum absolute atomic E-state index is 12.4. The number of hydrogen-bond acceptors (Lipinski definition) is 4. The molecule has 5 nitrogen and oxygen atoms in total. The zero-order valence-corrected chi connectivity index (χ0v) is 17.0. The summed E-state index contributed by atoms with van der Waals surface area (Å²) < 4.78 is 16.2. The third-order valence-corrected chi connectivity index (χ3v) is 4.71. The van der Waals surface area contributed by atoms with Crippen LogP contribution in [-0.2, 0) is 13.2 Å². The van der Waals surface area contributed by atoms with Crippen molar-refractivity contribution >= 4 is 17.5 Å². The van der Waals surface area contributed by atoms with Gasteiger partial charge in [-0.3, -0.25) is 4.79 Å². The molecule has 0 aliphatic heterocycles. The molecule has 1 N–H and O–H groups in total. The maximum atomic E-state index is 12.4. The van der Waals surface area contributed by atoms with E-state index in [2.05, 4.69) is 5.32 Å². The second kappa shape index (κ2) is 9.85. The molecule has 0 atom stereocenters. The first-order valence-corrected chi connectivity index (χ1v) is 9.44. The second-order valence-electron chi connectivity index (χ2n) is 6.28. The predicted octanol–water partition coefficient (Wildman–Crippen LogP) is 4.87. The molecule has 3 aromatic rings. The number of methoxy groups -OCH3 is 2. The highest BCUT2D eigenvalue weighted by Crippen LogP contribution is 2.33. The Morgan fingerprint density at radius 2 is 1.59 bits per heavy atom. The van der Waals surface area contributed by atoms with Crippen LogP contribution in [0.25, 0.3) is 0 Å². The van der Waals surface area contributed by atoms with Crippen molar-refractivity contribution in [3.8, 4) is 17.2 Å². The molecule has 0 unspecified atom stereocenters. The fraction of sp³-hybridized carbons (Fsp3) is 0.174. The molecular weight excluding hydrogens is 390 g/mol. The van der Waals surface area contributed by atoms with Crippen molar-refractivity contribution in [2.45, 2.75) is 13.2 Å². The van der Waals surface area contributed by atoms with E-state index in [0.717, 1.165) is 11.1 Å². The Bertz CT molecular complexity index is 959. The highest BCUT2D eigenvalue weighted by molar-refractivity contribution is 6.31. The summed E-state index contributed by atoms with van der Waals surface area (Å²) in [5, 5.41) is 3.35. The number of nitrogens with one attached hydrogen (secondary N) is 1. The first-order valence-electron chi connectivity index (χ1n) is 9.06. The lowest BCUT2D eigenvalue weighted by atomic mass is 10.1. The van der Waals surface area contributed by atoms with E-state index in [1.165, 1.54) is 0 Å². The highest BCUT2D eigenvalue weighted by Gasteiger charge is 2.12. The summed E-state index contributed by atoms with van der Waals surface area (Å²) in [5.74, 6) is 1.60. The van der Waals surface area contributed by atoms with Crippen LogP contribution in [0.3, 0.4) is 0 Å². The summed E-state index contributed by atoms with van der Waals surface area (Å²) >= 11 is 6.27. The molecule has 0 aromatic heterocycles. The summed E-state index contributed by atoms with van der Waals surface area (Å²) in [5.41, 5.74) is 2.36. The zero-order valence-electron chi connectivity index (χ0n) is 16.3. The highest BCUT2D eigenvalue weighted by atomic mass is 35.5. The zero-order chi connectivity index (χ0) is 20.6. The fourth-order valence-corrected chi connectivity index (χ4v) is 2.97. The van der Waals surface area contributed by atoms with E-state index in [1.54, 1.807) is 50.6 Å². The largest absolute Gasteiger partial charge is 0.493 e. The van der Waals surface area contributed by atoms with Crippen molar-refractivity contribution in [3.05, 3.63) is 88.4 Å². The molecule has 3 aromatic carbocycles. The van der Waals surface area contributed by atoms with Crippen LogP contribution in [0.2, 0.25) is 5.02 Å². The minimum Gasteiger partial charge on any atom is -0.493 e. The first kappa shape index (κ1) is 20.6. The summed E-state index contributed by atoms with van der Waals surface area (Å²) in [7, 11) is 3.10. The van der Waals surface area contributed by atoms with Crippen LogP contribution < -0.4 is 19.5 Å². The van der Waals surface area contributed by atoms with Gasteiger partial charge in [0.2, 0.25) is 0 Å². The van der Waals surface area contributed by atoms with Gasteiger partial charge in [-0.1, -0.05) is 41.9 Å². The number of ether oxygens (including phenoxy) is 3. The first-order chi connectivity index (χ1) is 14.1. The SMILES string of the molecule is COc1cc(Cl)c(CNC(=O)c2ccc(OCc3ccccc3)cc2)cc1OC. The average molecular weight is 412 g/mol. The molecule has 29 heavy (non-hydrogen) atoms. The van der Waals surface area contributed by atoms with E-state index >= 15 is 0 Å². The monoisotopic (exact) mass is 411 g/mol. The van der Waals surface area contributed by atoms with Crippen LogP contribution in [0, 0.1) is 0 Å². The molecule has 0 spiro atoms. The lowest BCUT2D eigenvalue weighted by Crippen LogP contribution is -2.22. The molecule has 3 rings (SSSR count). The molecule has 0 saturated heterocycles. The van der Waals surface area contributed by atoms with Gasteiger partial charge in [0, 0.05) is 23.2 Å². The second-order valence-corrected chi connectivity index (χ2v) is 6.69. The van der Waals surface area contributed by atoms with Gasteiger partial charge in [0.05, 0.1) is 14.2 Å². The Kier molecular flexibility index (Phi) is 6.98. The lowest BCUT2D eigenvalue weighted by molar-refractivity contribution is 0.0951. The number of carbonyl (C=O) groups is 1. The molecule has 6 heteroatoms. The van der Waals surface area contributed by atoms with Gasteiger partial charge in [-0.2, -0.15) is 0 Å². The lowest BCUT2D eigenvalue weighted by Gasteiger charge is -2.12. The molecule has 0 aliphatic rings. The topological polar surface area (TPSA) is 56.8 Å². The smallest absolute Gasteiger partial charge is 0.251 e. The molecular formula is C23H22ClNO4. The Morgan fingerprint density at radius 3 is 2.24 bits per heavy atom. The van der Waals surface area contributed by atoms with Crippen molar-refractivity contribution < 1.29 is 19.0 Å². The minimum atomic E-state index is -0.203. The summed E-state index contributed by atoms with van der Waals surface area (Å²) in [6.45, 7) is 0.745. The maximum Gasteiger partial charge on any atom is 0.251 e. The number of amides is 1. The molecule has 0 heterocycles. The van der Waals surface area contributed by atoms with Crippen LogP contribution in [0.4, 0.5) is 0 Å². The van der Waals surface area contributed by atoms with Crippen molar-refractivity contribution in [3.63, 3.8) is 0 Å². The minimum absolute atomic E-state index is 0.203. The van der Waals surface area contributed by atoms with Gasteiger partial charge < -0.3 is 19.5 Å². The van der Waals surface area contributed by atoms with Gasteiger partial charge in [0.1, 0.15) is 12.4 Å². The number of rotatable bonds is 8. The predicted molar refractivity (Wildman–Crippen MR) is 113 cm³/mol. The van der Waals surface area contributed by atoms with Gasteiger partial charge >= 0.3 is 0 Å². The third kappa shape index (κ3) is 5.42. The Labute approximate surface area is 175 Å². The Hall–Kier alpha value is -3.18. The number of benzene rings is 3. The molecule has 1 amide bonds. The van der Waals surface area contributed by atoms with E-state index in [-0.39, 0.29) is 12.5 Å². The van der Waals surface area contributed by atoms with Gasteiger partial charge in [0.25, 0.3) is 5.91 Å². The number of halogens is 1. The van der Waals surface area contributed by atoms with E-state index < -0.39 is 0 Å². The summed E-state index contributed by atoms with van der Waals surface area (Å²) in [6.07, 6.45) is 0. The standard InChI is InChI=1S/C23H22ClNO4/c1-27-21-12-18(20(24)13-22(21)28-2)14-25-23(26)17-8-10-19(11-9-17)29-15-16-6-4-3-5-7-16/h3-13H,14-15H2,1-2H3,(H,25,26). The molecule has 0 saturated carbocycles. The molecule has 0 bridgehead atoms. The molecule has 150 valence electrons. The van der Waals surface area contributed by atoms with E-state index in [9.17, 15) is 4.79 Å². The van der Waals surface area contributed by atoms with Crippen molar-refractivity contribution in [2.75, 3.05) is 14.2 Å². The summed E-state index contributed by atoms with van der Waals surface area (Å²) in [4.78, 5) is 12.4. The Balaban J connectivity index is 1.58. The van der Waals surface area contributed by atoms with E-state index in [1.807, 2.05) is 30.3 Å². The van der Waals surface area contributed by atoms with Crippen molar-refractivity contribution in [1.82, 2.24) is 5.32 Å². The van der Waals surface area contributed by atoms with Crippen LogP contribution >= 0.6 is 11.6 Å². The number of carbonyl (C=O) groups excluding carboxylic acids is 1. The fourth-order valence-electron chi connectivity index (χ4n) is 2.75. The number of hydrogen-bond donors (Lipinski definition) is 1. The van der Waals surface area contributed by atoms with Gasteiger partial charge in [-0.15, -0.1) is 0 Å².